The molecule has 1 aromatic carbocycles. The number of nitrogens with zero attached hydrogens (tertiary/aromatic N) is 2. The second kappa shape index (κ2) is 6.17. The molecule has 0 unspecified atom stereocenters. The van der Waals surface area contributed by atoms with Crippen molar-refractivity contribution in [3.63, 3.8) is 0 Å². The van der Waals surface area contributed by atoms with Crippen LogP contribution in [0.15, 0.2) is 22.7 Å². The third kappa shape index (κ3) is 2.90. The molecule has 0 spiro atoms. The Morgan fingerprint density at radius 2 is 2.15 bits per heavy atom. The normalized spacial score (nSPS) is 10.6. The number of nitrogens with two attached hydrogens (primary N) is 1. The van der Waals surface area contributed by atoms with Crippen molar-refractivity contribution in [2.24, 2.45) is 0 Å². The Balaban J connectivity index is 2.20. The van der Waals surface area contributed by atoms with E-state index in [0.717, 1.165) is 22.4 Å². The van der Waals surface area contributed by atoms with E-state index in [4.69, 9.17) is 15.2 Å². The van der Waals surface area contributed by atoms with Gasteiger partial charge in [0.2, 0.25) is 0 Å². The van der Waals surface area contributed by atoms with Crippen molar-refractivity contribution in [3.8, 4) is 11.5 Å². The summed E-state index contributed by atoms with van der Waals surface area (Å²) in [5, 5.41) is 4.43. The zero-order chi connectivity index (χ0) is 14.7. The van der Waals surface area contributed by atoms with Crippen molar-refractivity contribution in [1.29, 1.82) is 0 Å². The fraction of sp³-hybridized carbons (Fsp3) is 0.357. The summed E-state index contributed by atoms with van der Waals surface area (Å²) >= 11 is 3.54. The number of hydrogen-bond donors (Lipinski definition) is 1. The van der Waals surface area contributed by atoms with Crippen LogP contribution in [-0.4, -0.2) is 16.9 Å². The van der Waals surface area contributed by atoms with Crippen LogP contribution in [0.5, 0.6) is 11.5 Å². The van der Waals surface area contributed by atoms with E-state index in [1.165, 1.54) is 0 Å². The molecule has 1 aromatic heterocycles. The molecule has 2 rings (SSSR count). The van der Waals surface area contributed by atoms with Gasteiger partial charge in [0.15, 0.2) is 0 Å². The largest absolute Gasteiger partial charge is 0.497 e. The van der Waals surface area contributed by atoms with Crippen LogP contribution in [0.3, 0.4) is 0 Å². The molecule has 2 N–H and O–H groups in total. The van der Waals surface area contributed by atoms with Gasteiger partial charge in [-0.15, -0.1) is 0 Å². The molecule has 0 aliphatic carbocycles. The van der Waals surface area contributed by atoms with Crippen LogP contribution in [-0.2, 0) is 13.2 Å². The fourth-order valence-corrected chi connectivity index (χ4v) is 2.32. The van der Waals surface area contributed by atoms with Crippen molar-refractivity contribution in [1.82, 2.24) is 9.78 Å². The quantitative estimate of drug-likeness (QED) is 0.850. The highest BCUT2D eigenvalue weighted by atomic mass is 79.9. The molecule has 1 heterocycles. The summed E-state index contributed by atoms with van der Waals surface area (Å²) in [6.07, 6.45) is 0. The summed E-state index contributed by atoms with van der Waals surface area (Å²) in [5.74, 6) is 1.33. The molecule has 5 nitrogen and oxygen atoms in total. The van der Waals surface area contributed by atoms with Gasteiger partial charge in [-0.3, -0.25) is 4.68 Å². The highest BCUT2D eigenvalue weighted by Gasteiger charge is 2.13. The van der Waals surface area contributed by atoms with Gasteiger partial charge in [-0.05, 0) is 41.9 Å². The second-order valence-corrected chi connectivity index (χ2v) is 5.15. The molecule has 0 amide bonds. The first-order chi connectivity index (χ1) is 9.56. The molecule has 0 aliphatic heterocycles. The van der Waals surface area contributed by atoms with Crippen molar-refractivity contribution in [2.45, 2.75) is 27.0 Å². The summed E-state index contributed by atoms with van der Waals surface area (Å²) in [7, 11) is 1.61. The summed E-state index contributed by atoms with van der Waals surface area (Å²) in [5.41, 5.74) is 8.43. The molecule has 20 heavy (non-hydrogen) atoms. The smallest absolute Gasteiger partial charge is 0.146 e. The summed E-state index contributed by atoms with van der Waals surface area (Å²) in [4.78, 5) is 0. The van der Waals surface area contributed by atoms with Crippen LogP contribution in [0.4, 0.5) is 5.69 Å². The van der Waals surface area contributed by atoms with Crippen molar-refractivity contribution < 1.29 is 9.47 Å². The molecular weight excluding hydrogens is 322 g/mol. The average Bonchev–Trinajstić information content (AvgIpc) is 2.73. The maximum absolute atomic E-state index is 5.91. The minimum atomic E-state index is 0.395. The SMILES string of the molecule is CCn1nc(C)c(Br)c1COc1cc(OC)ccc1N. The molecular formula is C14H18BrN3O2. The van der Waals surface area contributed by atoms with Gasteiger partial charge in [-0.1, -0.05) is 0 Å². The van der Waals surface area contributed by atoms with E-state index in [-0.39, 0.29) is 0 Å². The van der Waals surface area contributed by atoms with Crippen LogP contribution in [0.25, 0.3) is 0 Å². The number of aryl methyl sites for hydroxylation is 2. The number of nitrogen functional groups attached to an aromatic ring is 1. The van der Waals surface area contributed by atoms with Crippen molar-refractivity contribution in [2.75, 3.05) is 12.8 Å². The molecule has 2 aromatic rings. The highest BCUT2D eigenvalue weighted by molar-refractivity contribution is 9.10. The Morgan fingerprint density at radius 3 is 2.80 bits per heavy atom. The van der Waals surface area contributed by atoms with E-state index in [2.05, 4.69) is 21.0 Å². The number of aromatic nitrogens is 2. The molecule has 0 aliphatic rings. The number of rotatable bonds is 5. The minimum Gasteiger partial charge on any atom is -0.497 e. The van der Waals surface area contributed by atoms with Crippen LogP contribution in [0, 0.1) is 6.92 Å². The highest BCUT2D eigenvalue weighted by Crippen LogP contribution is 2.29. The first-order valence-electron chi connectivity index (χ1n) is 6.34. The molecule has 0 fully saturated rings. The monoisotopic (exact) mass is 339 g/mol. The lowest BCUT2D eigenvalue weighted by molar-refractivity contribution is 0.291. The Labute approximate surface area is 126 Å². The molecule has 0 saturated carbocycles. The van der Waals surface area contributed by atoms with Gasteiger partial charge in [0, 0.05) is 12.6 Å². The van der Waals surface area contributed by atoms with Gasteiger partial charge in [0.1, 0.15) is 18.1 Å². The lowest BCUT2D eigenvalue weighted by Gasteiger charge is -2.11. The van der Waals surface area contributed by atoms with Gasteiger partial charge in [-0.25, -0.2) is 0 Å². The van der Waals surface area contributed by atoms with E-state index in [9.17, 15) is 0 Å². The summed E-state index contributed by atoms with van der Waals surface area (Å²) in [6.45, 7) is 5.19. The standard InChI is InChI=1S/C14H18BrN3O2/c1-4-18-12(14(15)9(2)17-18)8-20-13-7-10(19-3)5-6-11(13)16/h5-7H,4,8,16H2,1-3H3. The maximum Gasteiger partial charge on any atom is 0.146 e. The van der Waals surface area contributed by atoms with Gasteiger partial charge in [-0.2, -0.15) is 5.10 Å². The van der Waals surface area contributed by atoms with Crippen LogP contribution >= 0.6 is 15.9 Å². The van der Waals surface area contributed by atoms with Crippen LogP contribution < -0.4 is 15.2 Å². The summed E-state index contributed by atoms with van der Waals surface area (Å²) in [6, 6.07) is 5.35. The third-order valence-corrected chi connectivity index (χ3v) is 4.07. The predicted molar refractivity (Wildman–Crippen MR) is 82.1 cm³/mol. The summed E-state index contributed by atoms with van der Waals surface area (Å²) < 4.78 is 13.9. The van der Waals surface area contributed by atoms with E-state index in [1.54, 1.807) is 25.3 Å². The lowest BCUT2D eigenvalue weighted by atomic mass is 10.3. The van der Waals surface area contributed by atoms with E-state index in [1.807, 2.05) is 18.5 Å². The van der Waals surface area contributed by atoms with Gasteiger partial charge < -0.3 is 15.2 Å². The first-order valence-corrected chi connectivity index (χ1v) is 7.14. The minimum absolute atomic E-state index is 0.395. The fourth-order valence-electron chi connectivity index (χ4n) is 1.92. The van der Waals surface area contributed by atoms with Gasteiger partial charge in [0.25, 0.3) is 0 Å². The Bertz CT molecular complexity index is 611. The van der Waals surface area contributed by atoms with Crippen LogP contribution in [0.1, 0.15) is 18.3 Å². The topological polar surface area (TPSA) is 62.3 Å². The number of ether oxygens (including phenoxy) is 2. The Kier molecular flexibility index (Phi) is 4.54. The number of anilines is 1. The third-order valence-electron chi connectivity index (χ3n) is 3.04. The number of methoxy groups -OCH3 is 1. The zero-order valence-corrected chi connectivity index (χ0v) is 13.4. The van der Waals surface area contributed by atoms with Crippen LogP contribution in [0.2, 0.25) is 0 Å². The van der Waals surface area contributed by atoms with Gasteiger partial charge in [0.05, 0.1) is 28.7 Å². The Morgan fingerprint density at radius 1 is 1.40 bits per heavy atom. The number of benzene rings is 1. The molecule has 6 heteroatoms. The second-order valence-electron chi connectivity index (χ2n) is 4.35. The number of hydrogen-bond acceptors (Lipinski definition) is 4. The molecule has 108 valence electrons. The molecule has 0 radical (unpaired) electrons. The van der Waals surface area contributed by atoms with E-state index < -0.39 is 0 Å². The van der Waals surface area contributed by atoms with Gasteiger partial charge >= 0.3 is 0 Å². The molecule has 0 atom stereocenters. The molecule has 0 bridgehead atoms. The lowest BCUT2D eigenvalue weighted by Crippen LogP contribution is -2.07. The zero-order valence-electron chi connectivity index (χ0n) is 11.8. The average molecular weight is 340 g/mol. The van der Waals surface area contributed by atoms with Crippen molar-refractivity contribution >= 4 is 21.6 Å². The first kappa shape index (κ1) is 14.7. The molecule has 0 saturated heterocycles. The maximum atomic E-state index is 5.91. The van der Waals surface area contributed by atoms with E-state index >= 15 is 0 Å². The Hall–Kier alpha value is -1.69. The number of halogens is 1. The predicted octanol–water partition coefficient (Wildman–Crippen LogP) is 3.14. The van der Waals surface area contributed by atoms with Crippen molar-refractivity contribution in [3.05, 3.63) is 34.1 Å². The van der Waals surface area contributed by atoms with E-state index in [0.29, 0.717) is 23.8 Å².